The van der Waals surface area contributed by atoms with E-state index >= 15 is 0 Å². The van der Waals surface area contributed by atoms with Crippen LogP contribution in [-0.2, 0) is 0 Å². The van der Waals surface area contributed by atoms with E-state index in [-0.39, 0.29) is 19.0 Å². The number of carboxylic acids is 1. The van der Waals surface area contributed by atoms with Crippen LogP contribution in [0, 0.1) is 10.1 Å². The van der Waals surface area contributed by atoms with Crippen LogP contribution < -0.4 is 4.74 Å². The van der Waals surface area contributed by atoms with Crippen LogP contribution in [0.15, 0.2) is 18.2 Å². The first-order valence-corrected chi connectivity index (χ1v) is 4.82. The van der Waals surface area contributed by atoms with Crippen molar-refractivity contribution >= 4 is 11.7 Å². The third-order valence-electron chi connectivity index (χ3n) is 1.97. The number of carbonyl (C=O) groups is 1. The topological polar surface area (TPSA) is 110 Å². The van der Waals surface area contributed by atoms with Gasteiger partial charge in [-0.1, -0.05) is 6.07 Å². The number of rotatable bonds is 6. The summed E-state index contributed by atoms with van der Waals surface area (Å²) in [5.41, 5.74) is -0.991. The van der Waals surface area contributed by atoms with Crippen molar-refractivity contribution in [3.63, 3.8) is 0 Å². The van der Waals surface area contributed by atoms with Gasteiger partial charge in [0.05, 0.1) is 11.5 Å². The molecular formula is C10H11NO6. The van der Waals surface area contributed by atoms with Crippen LogP contribution >= 0.6 is 0 Å². The average molecular weight is 241 g/mol. The van der Waals surface area contributed by atoms with Crippen LogP contribution in [0.4, 0.5) is 5.69 Å². The van der Waals surface area contributed by atoms with Crippen molar-refractivity contribution in [1.29, 1.82) is 0 Å². The molecule has 0 aliphatic heterocycles. The van der Waals surface area contributed by atoms with Crippen molar-refractivity contribution in [3.8, 4) is 5.75 Å². The third kappa shape index (κ3) is 3.15. The zero-order chi connectivity index (χ0) is 12.8. The molecule has 0 bridgehead atoms. The fraction of sp³-hybridized carbons (Fsp3) is 0.300. The first-order valence-electron chi connectivity index (χ1n) is 4.82. The second kappa shape index (κ2) is 5.80. The summed E-state index contributed by atoms with van der Waals surface area (Å²) in [4.78, 5) is 20.8. The van der Waals surface area contributed by atoms with Crippen molar-refractivity contribution in [1.82, 2.24) is 0 Å². The number of aliphatic hydroxyl groups excluding tert-OH is 1. The molecule has 1 rings (SSSR count). The second-order valence-electron chi connectivity index (χ2n) is 3.14. The molecule has 0 unspecified atom stereocenters. The molecule has 0 saturated heterocycles. The minimum atomic E-state index is -1.42. The highest BCUT2D eigenvalue weighted by atomic mass is 16.6. The number of nitro benzene ring substituents is 1. The van der Waals surface area contributed by atoms with Crippen LogP contribution in [0.1, 0.15) is 16.8 Å². The Morgan fingerprint density at radius 2 is 2.18 bits per heavy atom. The summed E-state index contributed by atoms with van der Waals surface area (Å²) in [6.07, 6.45) is 0.321. The zero-order valence-corrected chi connectivity index (χ0v) is 8.83. The molecule has 0 saturated carbocycles. The second-order valence-corrected chi connectivity index (χ2v) is 3.14. The Morgan fingerprint density at radius 3 is 2.71 bits per heavy atom. The maximum absolute atomic E-state index is 10.9. The summed E-state index contributed by atoms with van der Waals surface area (Å²) < 4.78 is 5.08. The van der Waals surface area contributed by atoms with E-state index in [2.05, 4.69) is 0 Å². The van der Waals surface area contributed by atoms with Gasteiger partial charge in [0.1, 0.15) is 5.75 Å². The highest BCUT2D eigenvalue weighted by Gasteiger charge is 2.24. The quantitative estimate of drug-likeness (QED) is 0.437. The van der Waals surface area contributed by atoms with Gasteiger partial charge in [-0.3, -0.25) is 10.1 Å². The zero-order valence-electron chi connectivity index (χ0n) is 8.83. The third-order valence-corrected chi connectivity index (χ3v) is 1.97. The van der Waals surface area contributed by atoms with Gasteiger partial charge >= 0.3 is 5.97 Å². The monoisotopic (exact) mass is 241 g/mol. The van der Waals surface area contributed by atoms with Gasteiger partial charge in [-0.05, 0) is 6.07 Å². The van der Waals surface area contributed by atoms with E-state index in [1.54, 1.807) is 0 Å². The van der Waals surface area contributed by atoms with E-state index < -0.39 is 22.1 Å². The standard InChI is InChI=1S/C10H11NO6/c12-5-2-6-17-8-4-1-3-7(11(15)16)9(8)10(13)14/h1,3-4,12H,2,5-6H2,(H,13,14). The predicted octanol–water partition coefficient (Wildman–Crippen LogP) is 1.05. The summed E-state index contributed by atoms with van der Waals surface area (Å²) in [5, 5.41) is 28.1. The van der Waals surface area contributed by atoms with Gasteiger partial charge in [0.15, 0.2) is 5.56 Å². The lowest BCUT2D eigenvalue weighted by atomic mass is 10.1. The van der Waals surface area contributed by atoms with Crippen LogP contribution in [-0.4, -0.2) is 34.3 Å². The molecule has 0 aliphatic carbocycles. The molecule has 92 valence electrons. The Hall–Kier alpha value is -2.15. The van der Waals surface area contributed by atoms with E-state index in [1.165, 1.54) is 12.1 Å². The van der Waals surface area contributed by atoms with Crippen molar-refractivity contribution < 1.29 is 24.7 Å². The van der Waals surface area contributed by atoms with Crippen molar-refractivity contribution in [2.45, 2.75) is 6.42 Å². The summed E-state index contributed by atoms with van der Waals surface area (Å²) >= 11 is 0. The molecule has 7 nitrogen and oxygen atoms in total. The number of carboxylic acid groups (broad SMARTS) is 1. The van der Waals surface area contributed by atoms with E-state index in [0.29, 0.717) is 6.42 Å². The highest BCUT2D eigenvalue weighted by Crippen LogP contribution is 2.28. The van der Waals surface area contributed by atoms with Crippen LogP contribution in [0.5, 0.6) is 5.75 Å². The Morgan fingerprint density at radius 1 is 1.47 bits per heavy atom. The molecule has 0 atom stereocenters. The fourth-order valence-electron chi connectivity index (χ4n) is 1.25. The van der Waals surface area contributed by atoms with E-state index in [4.69, 9.17) is 14.9 Å². The molecule has 0 aliphatic rings. The van der Waals surface area contributed by atoms with Crippen LogP contribution in [0.3, 0.4) is 0 Å². The van der Waals surface area contributed by atoms with E-state index in [0.717, 1.165) is 6.07 Å². The minimum absolute atomic E-state index is 0.0693. The number of nitrogens with zero attached hydrogens (tertiary/aromatic N) is 1. The number of hydrogen-bond donors (Lipinski definition) is 2. The number of hydrogen-bond acceptors (Lipinski definition) is 5. The summed E-state index contributed by atoms with van der Waals surface area (Å²) in [6, 6.07) is 3.79. The minimum Gasteiger partial charge on any atom is -0.492 e. The Labute approximate surface area is 96.4 Å². The maximum Gasteiger partial charge on any atom is 0.346 e. The first-order chi connectivity index (χ1) is 8.07. The highest BCUT2D eigenvalue weighted by molar-refractivity contribution is 5.95. The number of aliphatic hydroxyl groups is 1. The molecule has 0 radical (unpaired) electrons. The molecule has 17 heavy (non-hydrogen) atoms. The molecule has 0 fully saturated rings. The van der Waals surface area contributed by atoms with E-state index in [1.807, 2.05) is 0 Å². The molecule has 2 N–H and O–H groups in total. The number of ether oxygens (including phenoxy) is 1. The Balaban J connectivity index is 3.07. The van der Waals surface area contributed by atoms with Gasteiger partial charge in [0, 0.05) is 19.1 Å². The summed E-state index contributed by atoms with van der Waals surface area (Å²) in [7, 11) is 0. The number of benzene rings is 1. The summed E-state index contributed by atoms with van der Waals surface area (Å²) in [6.45, 7) is -0.00468. The largest absolute Gasteiger partial charge is 0.492 e. The van der Waals surface area contributed by atoms with Crippen molar-refractivity contribution in [3.05, 3.63) is 33.9 Å². The maximum atomic E-state index is 10.9. The van der Waals surface area contributed by atoms with Crippen LogP contribution in [0.2, 0.25) is 0 Å². The molecule has 0 heterocycles. The predicted molar refractivity (Wildman–Crippen MR) is 57.3 cm³/mol. The van der Waals surface area contributed by atoms with E-state index in [9.17, 15) is 14.9 Å². The molecule has 7 heteroatoms. The normalized spacial score (nSPS) is 9.94. The van der Waals surface area contributed by atoms with Crippen molar-refractivity contribution in [2.24, 2.45) is 0 Å². The van der Waals surface area contributed by atoms with Gasteiger partial charge in [0.2, 0.25) is 0 Å². The molecule has 0 aromatic heterocycles. The van der Waals surface area contributed by atoms with Gasteiger partial charge in [-0.25, -0.2) is 4.79 Å². The lowest BCUT2D eigenvalue weighted by molar-refractivity contribution is -0.385. The van der Waals surface area contributed by atoms with Gasteiger partial charge < -0.3 is 14.9 Å². The molecular weight excluding hydrogens is 230 g/mol. The SMILES string of the molecule is O=C(O)c1c(OCCCO)cccc1[N+](=O)[O-]. The van der Waals surface area contributed by atoms with Crippen molar-refractivity contribution in [2.75, 3.05) is 13.2 Å². The lowest BCUT2D eigenvalue weighted by Crippen LogP contribution is -2.08. The first kappa shape index (κ1) is 12.9. The summed E-state index contributed by atoms with van der Waals surface area (Å²) in [5.74, 6) is -1.49. The molecule has 1 aromatic carbocycles. The van der Waals surface area contributed by atoms with Gasteiger partial charge in [0.25, 0.3) is 5.69 Å². The number of nitro groups is 1. The average Bonchev–Trinajstić information content (AvgIpc) is 2.28. The molecule has 1 aromatic rings. The lowest BCUT2D eigenvalue weighted by Gasteiger charge is -2.08. The number of aromatic carboxylic acids is 1. The smallest absolute Gasteiger partial charge is 0.346 e. The van der Waals surface area contributed by atoms with Gasteiger partial charge in [-0.15, -0.1) is 0 Å². The van der Waals surface area contributed by atoms with Crippen LogP contribution in [0.25, 0.3) is 0 Å². The molecule has 0 amide bonds. The fourth-order valence-corrected chi connectivity index (χ4v) is 1.25. The Kier molecular flexibility index (Phi) is 4.41. The van der Waals surface area contributed by atoms with Gasteiger partial charge in [-0.2, -0.15) is 0 Å². The molecule has 0 spiro atoms. The Bertz CT molecular complexity index is 431.